The van der Waals surface area contributed by atoms with Gasteiger partial charge in [0, 0.05) is 6.04 Å². The topological polar surface area (TPSA) is 55.1 Å². The number of nitrogens with two attached hydrogens (primary N) is 1. The van der Waals surface area contributed by atoms with E-state index < -0.39 is 0 Å². The second-order valence-corrected chi connectivity index (χ2v) is 5.55. The first-order valence-corrected chi connectivity index (χ1v) is 7.19. The van der Waals surface area contributed by atoms with E-state index in [0.29, 0.717) is 6.42 Å². The molecule has 0 heterocycles. The Morgan fingerprint density at radius 1 is 1.47 bits per heavy atom. The average molecular weight is 276 g/mol. The van der Waals surface area contributed by atoms with Crippen LogP contribution >= 0.6 is 12.2 Å². The van der Waals surface area contributed by atoms with Crippen LogP contribution < -0.4 is 11.1 Å². The van der Waals surface area contributed by atoms with Gasteiger partial charge in [0.05, 0.1) is 10.9 Å². The standard InChI is InChI=1S/C15H20N2OS/c1-2-13(14(16)19)15(18)17-12-8-7-10-5-3-4-6-11(10)9-12/h3-6,12-13H,2,7-9H2,1H3,(H2,16,19)(H,17,18). The van der Waals surface area contributed by atoms with Crippen molar-refractivity contribution in [1.82, 2.24) is 5.32 Å². The first kappa shape index (κ1) is 14.0. The van der Waals surface area contributed by atoms with Crippen molar-refractivity contribution in [2.45, 2.75) is 38.6 Å². The van der Waals surface area contributed by atoms with Gasteiger partial charge in [0.1, 0.15) is 0 Å². The monoisotopic (exact) mass is 276 g/mol. The Kier molecular flexibility index (Phi) is 4.53. The van der Waals surface area contributed by atoms with E-state index in [1.807, 2.05) is 13.0 Å². The predicted octanol–water partition coefficient (Wildman–Crippen LogP) is 1.97. The fourth-order valence-electron chi connectivity index (χ4n) is 2.64. The van der Waals surface area contributed by atoms with E-state index >= 15 is 0 Å². The van der Waals surface area contributed by atoms with Gasteiger partial charge in [-0.15, -0.1) is 0 Å². The molecule has 2 unspecified atom stereocenters. The maximum absolute atomic E-state index is 12.1. The fourth-order valence-corrected chi connectivity index (χ4v) is 2.91. The van der Waals surface area contributed by atoms with Crippen LogP contribution in [-0.2, 0) is 17.6 Å². The largest absolute Gasteiger partial charge is 0.393 e. The summed E-state index contributed by atoms with van der Waals surface area (Å²) in [6.07, 6.45) is 3.56. The Balaban J connectivity index is 1.99. The van der Waals surface area contributed by atoms with E-state index in [9.17, 15) is 4.79 Å². The third-order valence-corrected chi connectivity index (χ3v) is 4.05. The molecule has 1 aromatic carbocycles. The number of benzene rings is 1. The second-order valence-electron chi connectivity index (χ2n) is 5.08. The van der Waals surface area contributed by atoms with Crippen LogP contribution in [0.4, 0.5) is 0 Å². The summed E-state index contributed by atoms with van der Waals surface area (Å²) in [4.78, 5) is 12.4. The van der Waals surface area contributed by atoms with Crippen molar-refractivity contribution >= 4 is 23.1 Å². The fraction of sp³-hybridized carbons (Fsp3) is 0.467. The Morgan fingerprint density at radius 3 is 2.79 bits per heavy atom. The number of hydrogen-bond acceptors (Lipinski definition) is 2. The molecule has 2 rings (SSSR count). The summed E-state index contributed by atoms with van der Waals surface area (Å²) in [6, 6.07) is 8.62. The molecular formula is C15H20N2OS. The first-order chi connectivity index (χ1) is 9.11. The molecule has 3 nitrogen and oxygen atoms in total. The molecule has 0 aromatic heterocycles. The van der Waals surface area contributed by atoms with Crippen molar-refractivity contribution in [3.63, 3.8) is 0 Å². The number of thiocarbonyl (C=S) groups is 1. The molecule has 0 aliphatic heterocycles. The van der Waals surface area contributed by atoms with E-state index in [0.717, 1.165) is 19.3 Å². The smallest absolute Gasteiger partial charge is 0.230 e. The van der Waals surface area contributed by atoms with Crippen molar-refractivity contribution in [1.29, 1.82) is 0 Å². The number of nitrogens with one attached hydrogen (secondary N) is 1. The van der Waals surface area contributed by atoms with Crippen molar-refractivity contribution in [2.75, 3.05) is 0 Å². The number of amides is 1. The molecule has 4 heteroatoms. The first-order valence-electron chi connectivity index (χ1n) is 6.78. The third kappa shape index (κ3) is 3.32. The summed E-state index contributed by atoms with van der Waals surface area (Å²) in [6.45, 7) is 1.93. The normalized spacial score (nSPS) is 19.3. The van der Waals surface area contributed by atoms with Crippen LogP contribution in [0.2, 0.25) is 0 Å². The van der Waals surface area contributed by atoms with E-state index in [1.54, 1.807) is 0 Å². The molecular weight excluding hydrogens is 256 g/mol. The Morgan fingerprint density at radius 2 is 2.16 bits per heavy atom. The highest BCUT2D eigenvalue weighted by atomic mass is 32.1. The molecule has 0 spiro atoms. The number of hydrogen-bond donors (Lipinski definition) is 2. The van der Waals surface area contributed by atoms with E-state index in [4.69, 9.17) is 18.0 Å². The number of carbonyl (C=O) groups is 1. The van der Waals surface area contributed by atoms with Crippen molar-refractivity contribution in [3.05, 3.63) is 35.4 Å². The molecule has 1 aromatic rings. The number of rotatable bonds is 4. The van der Waals surface area contributed by atoms with E-state index in [1.165, 1.54) is 11.1 Å². The number of carbonyl (C=O) groups excluding carboxylic acids is 1. The maximum atomic E-state index is 12.1. The van der Waals surface area contributed by atoms with Gasteiger partial charge in [-0.3, -0.25) is 4.79 Å². The van der Waals surface area contributed by atoms with Crippen LogP contribution in [0, 0.1) is 5.92 Å². The van der Waals surface area contributed by atoms with E-state index in [2.05, 4.69) is 23.5 Å². The molecule has 2 atom stereocenters. The maximum Gasteiger partial charge on any atom is 0.230 e. The van der Waals surface area contributed by atoms with Crippen LogP contribution in [0.25, 0.3) is 0 Å². The molecule has 0 bridgehead atoms. The van der Waals surface area contributed by atoms with Crippen LogP contribution in [0.3, 0.4) is 0 Å². The SMILES string of the molecule is CCC(C(=O)NC1CCc2ccccc2C1)C(N)=S. The predicted molar refractivity (Wildman–Crippen MR) is 81.0 cm³/mol. The summed E-state index contributed by atoms with van der Waals surface area (Å²) < 4.78 is 0. The Hall–Kier alpha value is -1.42. The van der Waals surface area contributed by atoms with Crippen LogP contribution in [0.5, 0.6) is 0 Å². The minimum Gasteiger partial charge on any atom is -0.393 e. The highest BCUT2D eigenvalue weighted by Crippen LogP contribution is 2.21. The van der Waals surface area contributed by atoms with Gasteiger partial charge in [0.15, 0.2) is 0 Å². The van der Waals surface area contributed by atoms with Gasteiger partial charge in [0.25, 0.3) is 0 Å². The Labute approximate surface area is 119 Å². The molecule has 1 aliphatic carbocycles. The second kappa shape index (κ2) is 6.15. The molecule has 0 saturated heterocycles. The molecule has 0 radical (unpaired) electrons. The number of aryl methyl sites for hydroxylation is 1. The highest BCUT2D eigenvalue weighted by molar-refractivity contribution is 7.80. The average Bonchev–Trinajstić information content (AvgIpc) is 2.39. The molecule has 1 amide bonds. The minimum atomic E-state index is -0.341. The lowest BCUT2D eigenvalue weighted by atomic mass is 9.88. The molecule has 0 saturated carbocycles. The van der Waals surface area contributed by atoms with Gasteiger partial charge < -0.3 is 11.1 Å². The lowest BCUT2D eigenvalue weighted by Gasteiger charge is -2.27. The van der Waals surface area contributed by atoms with Crippen LogP contribution in [0.15, 0.2) is 24.3 Å². The molecule has 102 valence electrons. The minimum absolute atomic E-state index is 0.0284. The summed E-state index contributed by atoms with van der Waals surface area (Å²) in [5.41, 5.74) is 8.33. The van der Waals surface area contributed by atoms with Gasteiger partial charge >= 0.3 is 0 Å². The lowest BCUT2D eigenvalue weighted by Crippen LogP contribution is -2.44. The molecule has 1 aliphatic rings. The zero-order chi connectivity index (χ0) is 13.8. The van der Waals surface area contributed by atoms with Gasteiger partial charge in [-0.25, -0.2) is 0 Å². The number of fused-ring (bicyclic) bond motifs is 1. The van der Waals surface area contributed by atoms with Gasteiger partial charge in [0.2, 0.25) is 5.91 Å². The van der Waals surface area contributed by atoms with Gasteiger partial charge in [-0.1, -0.05) is 43.4 Å². The van der Waals surface area contributed by atoms with Gasteiger partial charge in [-0.2, -0.15) is 0 Å². The van der Waals surface area contributed by atoms with Crippen molar-refractivity contribution < 1.29 is 4.79 Å². The van der Waals surface area contributed by atoms with Crippen molar-refractivity contribution in [2.24, 2.45) is 11.7 Å². The van der Waals surface area contributed by atoms with Crippen molar-refractivity contribution in [3.8, 4) is 0 Å². The zero-order valence-corrected chi connectivity index (χ0v) is 12.0. The summed E-state index contributed by atoms with van der Waals surface area (Å²) in [7, 11) is 0. The quantitative estimate of drug-likeness (QED) is 0.827. The van der Waals surface area contributed by atoms with E-state index in [-0.39, 0.29) is 22.9 Å². The molecule has 3 N–H and O–H groups in total. The van der Waals surface area contributed by atoms with Crippen LogP contribution in [-0.4, -0.2) is 16.9 Å². The lowest BCUT2D eigenvalue weighted by molar-refractivity contribution is -0.123. The Bertz CT molecular complexity index is 487. The highest BCUT2D eigenvalue weighted by Gasteiger charge is 2.24. The summed E-state index contributed by atoms with van der Waals surface area (Å²) in [5, 5.41) is 3.09. The van der Waals surface area contributed by atoms with Crippen LogP contribution in [0.1, 0.15) is 30.9 Å². The van der Waals surface area contributed by atoms with Gasteiger partial charge in [-0.05, 0) is 36.8 Å². The molecule has 19 heavy (non-hydrogen) atoms. The zero-order valence-electron chi connectivity index (χ0n) is 11.2. The summed E-state index contributed by atoms with van der Waals surface area (Å²) in [5.74, 6) is -0.369. The summed E-state index contributed by atoms with van der Waals surface area (Å²) >= 11 is 4.94. The third-order valence-electron chi connectivity index (χ3n) is 3.76. The molecule has 0 fully saturated rings.